The molecular weight excluding hydrogens is 331 g/mol. The zero-order valence-corrected chi connectivity index (χ0v) is 15.5. The SMILES string of the molecule is CC(C(=O)N1CCC2CCC(C1)N2)N1CCN(c2ccc(F)cc2)CC1. The maximum absolute atomic E-state index is 13.1. The number of piperazine rings is 1. The van der Waals surface area contributed by atoms with Crippen molar-refractivity contribution in [3.8, 4) is 0 Å². The fraction of sp³-hybridized carbons (Fsp3) is 0.650. The quantitative estimate of drug-likeness (QED) is 0.890. The highest BCUT2D eigenvalue weighted by Gasteiger charge is 2.34. The van der Waals surface area contributed by atoms with Crippen LogP contribution in [0.4, 0.5) is 10.1 Å². The number of nitrogens with one attached hydrogen (secondary N) is 1. The van der Waals surface area contributed by atoms with Gasteiger partial charge in [0.15, 0.2) is 0 Å². The van der Waals surface area contributed by atoms with Crippen LogP contribution in [0.25, 0.3) is 0 Å². The van der Waals surface area contributed by atoms with Crippen molar-refractivity contribution in [3.05, 3.63) is 30.1 Å². The van der Waals surface area contributed by atoms with Crippen molar-refractivity contribution in [2.75, 3.05) is 44.2 Å². The third kappa shape index (κ3) is 3.71. The second-order valence-corrected chi connectivity index (χ2v) is 7.89. The minimum Gasteiger partial charge on any atom is -0.369 e. The summed E-state index contributed by atoms with van der Waals surface area (Å²) >= 11 is 0. The highest BCUT2D eigenvalue weighted by Crippen LogP contribution is 2.22. The van der Waals surface area contributed by atoms with Crippen LogP contribution < -0.4 is 10.2 Å². The summed E-state index contributed by atoms with van der Waals surface area (Å²) in [6.07, 6.45) is 3.53. The highest BCUT2D eigenvalue weighted by molar-refractivity contribution is 5.81. The van der Waals surface area contributed by atoms with E-state index in [4.69, 9.17) is 0 Å². The Morgan fingerprint density at radius 1 is 1.04 bits per heavy atom. The molecule has 3 unspecified atom stereocenters. The van der Waals surface area contributed by atoms with Crippen molar-refractivity contribution >= 4 is 11.6 Å². The maximum Gasteiger partial charge on any atom is 0.239 e. The number of anilines is 1. The summed E-state index contributed by atoms with van der Waals surface area (Å²) in [5, 5.41) is 3.64. The highest BCUT2D eigenvalue weighted by atomic mass is 19.1. The van der Waals surface area contributed by atoms with Crippen molar-refractivity contribution in [2.45, 2.75) is 44.3 Å². The van der Waals surface area contributed by atoms with E-state index in [0.717, 1.165) is 51.4 Å². The summed E-state index contributed by atoms with van der Waals surface area (Å²) in [7, 11) is 0. The molecule has 3 saturated heterocycles. The fourth-order valence-corrected chi connectivity index (χ4v) is 4.58. The zero-order chi connectivity index (χ0) is 18.1. The summed E-state index contributed by atoms with van der Waals surface area (Å²) < 4.78 is 13.1. The van der Waals surface area contributed by atoms with Gasteiger partial charge in [0.25, 0.3) is 0 Å². The molecule has 0 saturated carbocycles. The van der Waals surface area contributed by atoms with E-state index in [9.17, 15) is 9.18 Å². The lowest BCUT2D eigenvalue weighted by atomic mass is 10.1. The number of hydrogen-bond acceptors (Lipinski definition) is 4. The molecule has 5 nitrogen and oxygen atoms in total. The third-order valence-corrected chi connectivity index (χ3v) is 6.25. The van der Waals surface area contributed by atoms with Gasteiger partial charge in [0.2, 0.25) is 5.91 Å². The molecule has 26 heavy (non-hydrogen) atoms. The minimum absolute atomic E-state index is 0.0676. The molecule has 1 amide bonds. The van der Waals surface area contributed by atoms with E-state index >= 15 is 0 Å². The molecule has 3 aliphatic rings. The summed E-state index contributed by atoms with van der Waals surface area (Å²) in [6.45, 7) is 7.25. The lowest BCUT2D eigenvalue weighted by Crippen LogP contribution is -2.55. The molecule has 2 bridgehead atoms. The molecule has 3 heterocycles. The zero-order valence-electron chi connectivity index (χ0n) is 15.5. The Balaban J connectivity index is 1.32. The number of carbonyl (C=O) groups is 1. The molecule has 6 heteroatoms. The van der Waals surface area contributed by atoms with Gasteiger partial charge >= 0.3 is 0 Å². The van der Waals surface area contributed by atoms with E-state index < -0.39 is 0 Å². The Morgan fingerprint density at radius 3 is 2.46 bits per heavy atom. The average Bonchev–Trinajstić information content (AvgIpc) is 3.00. The number of hydrogen-bond donors (Lipinski definition) is 1. The summed E-state index contributed by atoms with van der Waals surface area (Å²) in [6, 6.07) is 7.70. The van der Waals surface area contributed by atoms with Crippen molar-refractivity contribution in [3.63, 3.8) is 0 Å². The monoisotopic (exact) mass is 360 g/mol. The number of halogens is 1. The number of nitrogens with zero attached hydrogens (tertiary/aromatic N) is 3. The molecule has 4 rings (SSSR count). The number of benzene rings is 1. The van der Waals surface area contributed by atoms with Gasteiger partial charge in [-0.15, -0.1) is 0 Å². The standard InChI is InChI=1S/C20H29FN4O/c1-15(20(26)25-9-8-17-4-5-18(14-25)22-17)23-10-12-24(13-11-23)19-6-2-16(21)3-7-19/h2-3,6-7,15,17-18,22H,4-5,8-14H2,1H3. The molecule has 1 N–H and O–H groups in total. The van der Waals surface area contributed by atoms with Gasteiger partial charge in [0.05, 0.1) is 6.04 Å². The Bertz CT molecular complexity index is 629. The summed E-state index contributed by atoms with van der Waals surface area (Å²) in [4.78, 5) is 19.7. The molecule has 0 spiro atoms. The third-order valence-electron chi connectivity index (χ3n) is 6.25. The largest absolute Gasteiger partial charge is 0.369 e. The van der Waals surface area contributed by atoms with Gasteiger partial charge in [-0.1, -0.05) is 0 Å². The Hall–Kier alpha value is -1.66. The first-order chi connectivity index (χ1) is 12.6. The second-order valence-electron chi connectivity index (χ2n) is 7.89. The van der Waals surface area contributed by atoms with E-state index in [-0.39, 0.29) is 17.8 Å². The summed E-state index contributed by atoms with van der Waals surface area (Å²) in [5.74, 6) is 0.0711. The van der Waals surface area contributed by atoms with Crippen LogP contribution in [-0.4, -0.2) is 73.1 Å². The van der Waals surface area contributed by atoms with Crippen molar-refractivity contribution in [2.24, 2.45) is 0 Å². The lowest BCUT2D eigenvalue weighted by Gasteiger charge is -2.40. The smallest absolute Gasteiger partial charge is 0.239 e. The molecule has 3 fully saturated rings. The van der Waals surface area contributed by atoms with E-state index in [1.165, 1.54) is 25.0 Å². The van der Waals surface area contributed by atoms with Crippen LogP contribution in [0.15, 0.2) is 24.3 Å². The topological polar surface area (TPSA) is 38.8 Å². The van der Waals surface area contributed by atoms with Crippen LogP contribution in [0.1, 0.15) is 26.2 Å². The molecule has 0 aromatic heterocycles. The van der Waals surface area contributed by atoms with Gasteiger partial charge in [0, 0.05) is 57.0 Å². The summed E-state index contributed by atoms with van der Waals surface area (Å²) in [5.41, 5.74) is 1.06. The van der Waals surface area contributed by atoms with E-state index in [1.807, 2.05) is 19.1 Å². The molecule has 1 aromatic carbocycles. The Morgan fingerprint density at radius 2 is 1.73 bits per heavy atom. The molecule has 3 atom stereocenters. The maximum atomic E-state index is 13.1. The van der Waals surface area contributed by atoms with Crippen LogP contribution in [0.2, 0.25) is 0 Å². The first kappa shape index (κ1) is 17.7. The number of likely N-dealkylation sites (tertiary alicyclic amines) is 1. The fourth-order valence-electron chi connectivity index (χ4n) is 4.58. The van der Waals surface area contributed by atoms with E-state index in [0.29, 0.717) is 12.1 Å². The molecule has 142 valence electrons. The minimum atomic E-state index is -0.202. The van der Waals surface area contributed by atoms with E-state index in [1.54, 1.807) is 0 Å². The van der Waals surface area contributed by atoms with Gasteiger partial charge in [-0.3, -0.25) is 9.69 Å². The van der Waals surface area contributed by atoms with Gasteiger partial charge in [-0.25, -0.2) is 4.39 Å². The van der Waals surface area contributed by atoms with Crippen molar-refractivity contribution in [1.82, 2.24) is 15.1 Å². The lowest BCUT2D eigenvalue weighted by molar-refractivity contribution is -0.136. The normalized spacial score (nSPS) is 28.1. The van der Waals surface area contributed by atoms with Gasteiger partial charge in [-0.2, -0.15) is 0 Å². The Kier molecular flexibility index (Phi) is 5.14. The Labute approximate surface area is 155 Å². The van der Waals surface area contributed by atoms with Crippen LogP contribution in [0.3, 0.4) is 0 Å². The average molecular weight is 360 g/mol. The molecule has 1 aromatic rings. The molecule has 0 radical (unpaired) electrons. The number of carbonyl (C=O) groups excluding carboxylic acids is 1. The number of fused-ring (bicyclic) bond motifs is 2. The van der Waals surface area contributed by atoms with Crippen LogP contribution in [-0.2, 0) is 4.79 Å². The molecule has 0 aliphatic carbocycles. The van der Waals surface area contributed by atoms with Gasteiger partial charge < -0.3 is 15.1 Å². The molecular formula is C20H29FN4O. The van der Waals surface area contributed by atoms with Crippen LogP contribution in [0.5, 0.6) is 0 Å². The predicted octanol–water partition coefficient (Wildman–Crippen LogP) is 1.69. The van der Waals surface area contributed by atoms with Gasteiger partial charge in [0.1, 0.15) is 5.82 Å². The van der Waals surface area contributed by atoms with Crippen LogP contribution >= 0.6 is 0 Å². The van der Waals surface area contributed by atoms with Gasteiger partial charge in [-0.05, 0) is 50.5 Å². The first-order valence-corrected chi connectivity index (χ1v) is 9.89. The second kappa shape index (κ2) is 7.53. The number of amides is 1. The first-order valence-electron chi connectivity index (χ1n) is 9.89. The molecule has 3 aliphatic heterocycles. The predicted molar refractivity (Wildman–Crippen MR) is 101 cm³/mol. The number of rotatable bonds is 3. The van der Waals surface area contributed by atoms with Crippen molar-refractivity contribution in [1.29, 1.82) is 0 Å². The van der Waals surface area contributed by atoms with E-state index in [2.05, 4.69) is 20.0 Å². The van der Waals surface area contributed by atoms with Crippen LogP contribution in [0, 0.1) is 5.82 Å². The van der Waals surface area contributed by atoms with Crippen molar-refractivity contribution < 1.29 is 9.18 Å².